The highest BCUT2D eigenvalue weighted by molar-refractivity contribution is 7.13. The van der Waals surface area contributed by atoms with Crippen molar-refractivity contribution < 1.29 is 19.0 Å². The van der Waals surface area contributed by atoms with Gasteiger partial charge >= 0.3 is 5.97 Å². The second-order valence-electron chi connectivity index (χ2n) is 6.66. The lowest BCUT2D eigenvalue weighted by atomic mass is 10.2. The zero-order valence-electron chi connectivity index (χ0n) is 16.8. The fraction of sp³-hybridized carbons (Fsp3) is 0.217. The molecule has 4 aromatic rings. The normalized spacial score (nSPS) is 10.9. The van der Waals surface area contributed by atoms with Crippen LogP contribution in [0.25, 0.3) is 21.5 Å². The first-order valence-electron chi connectivity index (χ1n) is 9.55. The molecule has 30 heavy (non-hydrogen) atoms. The van der Waals surface area contributed by atoms with Crippen LogP contribution in [0.5, 0.6) is 11.5 Å². The Bertz CT molecular complexity index is 1160. The van der Waals surface area contributed by atoms with Crippen LogP contribution in [0.3, 0.4) is 0 Å². The van der Waals surface area contributed by atoms with Crippen LogP contribution in [0.1, 0.15) is 12.1 Å². The third-order valence-electron chi connectivity index (χ3n) is 4.80. The predicted octanol–water partition coefficient (Wildman–Crippen LogP) is 4.92. The van der Waals surface area contributed by atoms with Gasteiger partial charge in [0.2, 0.25) is 0 Å². The molecule has 0 spiro atoms. The molecule has 0 bridgehead atoms. The molecular formula is C23H22N2O4S. The van der Waals surface area contributed by atoms with Crippen LogP contribution in [0.15, 0.2) is 60.1 Å². The van der Waals surface area contributed by atoms with Crippen LogP contribution < -0.4 is 9.47 Å². The summed E-state index contributed by atoms with van der Waals surface area (Å²) in [6, 6.07) is 15.8. The number of aryl methyl sites for hydroxylation is 1. The van der Waals surface area contributed by atoms with E-state index >= 15 is 0 Å². The second-order valence-corrected chi connectivity index (χ2v) is 7.52. The van der Waals surface area contributed by atoms with Crippen LogP contribution in [-0.4, -0.2) is 29.7 Å². The number of carbonyl (C=O) groups is 1. The van der Waals surface area contributed by atoms with E-state index in [-0.39, 0.29) is 12.6 Å². The molecule has 2 heterocycles. The molecule has 0 atom stereocenters. The van der Waals surface area contributed by atoms with Gasteiger partial charge in [-0.3, -0.25) is 4.79 Å². The molecule has 0 aliphatic carbocycles. The van der Waals surface area contributed by atoms with Crippen molar-refractivity contribution in [2.24, 2.45) is 0 Å². The van der Waals surface area contributed by atoms with Gasteiger partial charge in [0.15, 0.2) is 11.5 Å². The number of hydrogen-bond acceptors (Lipinski definition) is 6. The summed E-state index contributed by atoms with van der Waals surface area (Å²) in [6.07, 6.45) is 2.30. The molecule has 0 radical (unpaired) electrons. The molecule has 6 nitrogen and oxygen atoms in total. The number of carbonyl (C=O) groups excluding carboxylic acids is 1. The topological polar surface area (TPSA) is 62.6 Å². The number of para-hydroxylation sites is 2. The van der Waals surface area contributed by atoms with Crippen molar-refractivity contribution in [1.29, 1.82) is 0 Å². The molecule has 2 aromatic carbocycles. The monoisotopic (exact) mass is 422 g/mol. The van der Waals surface area contributed by atoms with Crippen LogP contribution in [0.2, 0.25) is 0 Å². The van der Waals surface area contributed by atoms with E-state index in [1.807, 2.05) is 54.0 Å². The van der Waals surface area contributed by atoms with Crippen LogP contribution in [0.4, 0.5) is 0 Å². The molecule has 0 fully saturated rings. The summed E-state index contributed by atoms with van der Waals surface area (Å²) in [6.45, 7) is 0.726. The van der Waals surface area contributed by atoms with E-state index in [1.165, 1.54) is 11.3 Å². The Morgan fingerprint density at radius 1 is 1.07 bits per heavy atom. The lowest BCUT2D eigenvalue weighted by Crippen LogP contribution is -2.09. The molecule has 0 amide bonds. The van der Waals surface area contributed by atoms with Crippen LogP contribution in [-0.2, 0) is 22.7 Å². The number of esters is 1. The molecular weight excluding hydrogens is 400 g/mol. The minimum atomic E-state index is -0.249. The highest BCUT2D eigenvalue weighted by atomic mass is 32.1. The Morgan fingerprint density at radius 2 is 1.93 bits per heavy atom. The van der Waals surface area contributed by atoms with E-state index in [9.17, 15) is 4.79 Å². The van der Waals surface area contributed by atoms with Crippen molar-refractivity contribution in [2.75, 3.05) is 14.2 Å². The van der Waals surface area contributed by atoms with Gasteiger partial charge in [-0.05, 0) is 29.7 Å². The Balaban J connectivity index is 1.36. The van der Waals surface area contributed by atoms with Crippen molar-refractivity contribution in [3.8, 4) is 22.1 Å². The lowest BCUT2D eigenvalue weighted by Gasteiger charge is -2.10. The molecule has 7 heteroatoms. The van der Waals surface area contributed by atoms with Gasteiger partial charge in [-0.15, -0.1) is 11.3 Å². The first-order valence-corrected chi connectivity index (χ1v) is 10.4. The fourth-order valence-corrected chi connectivity index (χ4v) is 4.15. The average molecular weight is 423 g/mol. The Morgan fingerprint density at radius 3 is 2.77 bits per heavy atom. The number of rotatable bonds is 8. The van der Waals surface area contributed by atoms with Gasteiger partial charge in [0.05, 0.1) is 31.9 Å². The summed E-state index contributed by atoms with van der Waals surface area (Å²) in [5, 5.41) is 3.84. The van der Waals surface area contributed by atoms with E-state index in [0.29, 0.717) is 30.2 Å². The zero-order chi connectivity index (χ0) is 20.9. The molecule has 0 unspecified atom stereocenters. The van der Waals surface area contributed by atoms with E-state index in [4.69, 9.17) is 14.2 Å². The molecule has 0 N–H and O–H groups in total. The standard InChI is InChI=1S/C23H22N2O4S/c1-27-20-9-5-7-18(22(20)28-2)23-24-17(15-30-23)14-29-21(26)11-13-25-12-10-16-6-3-4-8-19(16)25/h3-10,12,15H,11,13-14H2,1-2H3. The van der Waals surface area contributed by atoms with Gasteiger partial charge in [0, 0.05) is 23.6 Å². The van der Waals surface area contributed by atoms with Gasteiger partial charge in [0.25, 0.3) is 0 Å². The highest BCUT2D eigenvalue weighted by Gasteiger charge is 2.15. The molecule has 0 aliphatic heterocycles. The molecule has 0 saturated carbocycles. The zero-order valence-corrected chi connectivity index (χ0v) is 17.6. The number of ether oxygens (including phenoxy) is 3. The largest absolute Gasteiger partial charge is 0.493 e. The molecule has 154 valence electrons. The van der Waals surface area contributed by atoms with Crippen molar-refractivity contribution in [2.45, 2.75) is 19.6 Å². The maximum atomic E-state index is 12.2. The average Bonchev–Trinajstić information content (AvgIpc) is 3.42. The van der Waals surface area contributed by atoms with Crippen molar-refractivity contribution >= 4 is 28.2 Å². The minimum Gasteiger partial charge on any atom is -0.493 e. The number of hydrogen-bond donors (Lipinski definition) is 0. The van der Waals surface area contributed by atoms with Gasteiger partial charge in [-0.2, -0.15) is 0 Å². The lowest BCUT2D eigenvalue weighted by molar-refractivity contribution is -0.145. The fourth-order valence-electron chi connectivity index (χ4n) is 3.33. The van der Waals surface area contributed by atoms with Gasteiger partial charge < -0.3 is 18.8 Å². The number of fused-ring (bicyclic) bond motifs is 1. The summed E-state index contributed by atoms with van der Waals surface area (Å²) >= 11 is 1.47. The summed E-state index contributed by atoms with van der Waals surface area (Å²) in [4.78, 5) is 16.8. The number of benzene rings is 2. The third kappa shape index (κ3) is 4.16. The third-order valence-corrected chi connectivity index (χ3v) is 5.73. The second kappa shape index (κ2) is 9.00. The van der Waals surface area contributed by atoms with Gasteiger partial charge in [-0.1, -0.05) is 24.3 Å². The Hall–Kier alpha value is -3.32. The highest BCUT2D eigenvalue weighted by Crippen LogP contribution is 2.39. The number of aromatic nitrogens is 2. The van der Waals surface area contributed by atoms with Crippen molar-refractivity contribution in [3.63, 3.8) is 0 Å². The van der Waals surface area contributed by atoms with Gasteiger partial charge in [0.1, 0.15) is 11.6 Å². The maximum Gasteiger partial charge on any atom is 0.307 e. The van der Waals surface area contributed by atoms with Crippen molar-refractivity contribution in [3.05, 3.63) is 65.8 Å². The van der Waals surface area contributed by atoms with Gasteiger partial charge in [-0.25, -0.2) is 4.98 Å². The SMILES string of the molecule is COc1cccc(-c2nc(COC(=O)CCn3ccc4ccccc43)cs2)c1OC. The molecule has 2 aromatic heterocycles. The number of methoxy groups -OCH3 is 2. The first kappa shape index (κ1) is 20.0. The van der Waals surface area contributed by atoms with E-state index in [2.05, 4.69) is 15.6 Å². The summed E-state index contributed by atoms with van der Waals surface area (Å²) in [5.74, 6) is 1.04. The Labute approximate surface area is 178 Å². The quantitative estimate of drug-likeness (QED) is 0.377. The minimum absolute atomic E-state index is 0.147. The predicted molar refractivity (Wildman–Crippen MR) is 117 cm³/mol. The van der Waals surface area contributed by atoms with E-state index in [1.54, 1.807) is 14.2 Å². The Kier molecular flexibility index (Phi) is 5.99. The van der Waals surface area contributed by atoms with E-state index in [0.717, 1.165) is 21.5 Å². The van der Waals surface area contributed by atoms with E-state index < -0.39 is 0 Å². The van der Waals surface area contributed by atoms with Crippen LogP contribution >= 0.6 is 11.3 Å². The molecule has 0 saturated heterocycles. The smallest absolute Gasteiger partial charge is 0.307 e. The first-order chi connectivity index (χ1) is 14.7. The molecule has 0 aliphatic rings. The van der Waals surface area contributed by atoms with Crippen LogP contribution in [0, 0.1) is 0 Å². The summed E-state index contributed by atoms with van der Waals surface area (Å²) < 4.78 is 18.3. The number of thiazole rings is 1. The summed E-state index contributed by atoms with van der Waals surface area (Å²) in [7, 11) is 3.20. The summed E-state index contributed by atoms with van der Waals surface area (Å²) in [5.41, 5.74) is 2.67. The maximum absolute atomic E-state index is 12.2. The molecule has 4 rings (SSSR count). The number of nitrogens with zero attached hydrogens (tertiary/aromatic N) is 2. The van der Waals surface area contributed by atoms with Crippen molar-refractivity contribution in [1.82, 2.24) is 9.55 Å².